The molecule has 1 aliphatic heterocycles. The van der Waals surface area contributed by atoms with Crippen LogP contribution in [0, 0.1) is 0 Å². The highest BCUT2D eigenvalue weighted by Gasteiger charge is 2.50. The van der Waals surface area contributed by atoms with Crippen LogP contribution in [0.5, 0.6) is 0 Å². The van der Waals surface area contributed by atoms with Gasteiger partial charge in [0.15, 0.2) is 0 Å². The van der Waals surface area contributed by atoms with E-state index in [0.29, 0.717) is 25.5 Å². The average molecular weight is 446 g/mol. The van der Waals surface area contributed by atoms with Crippen molar-refractivity contribution in [2.45, 2.75) is 44.7 Å². The average Bonchev–Trinajstić information content (AvgIpc) is 3.09. The smallest absolute Gasteiger partial charge is 0.261 e. The van der Waals surface area contributed by atoms with Crippen LogP contribution >= 0.6 is 11.6 Å². The summed E-state index contributed by atoms with van der Waals surface area (Å²) in [5, 5.41) is 2.41. The normalized spacial score (nSPS) is 17.5. The zero-order chi connectivity index (χ0) is 21.6. The quantitative estimate of drug-likeness (QED) is 0.335. The van der Waals surface area contributed by atoms with Crippen molar-refractivity contribution in [3.05, 3.63) is 60.7 Å². The van der Waals surface area contributed by atoms with Crippen LogP contribution in [0.4, 0.5) is 0 Å². The molecular weight excluding hydrogens is 414 g/mol. The maximum absolute atomic E-state index is 12.4. The molecule has 0 aliphatic carbocycles. The lowest BCUT2D eigenvalue weighted by Gasteiger charge is -2.44. The van der Waals surface area contributed by atoms with E-state index >= 15 is 0 Å². The lowest BCUT2D eigenvalue weighted by molar-refractivity contribution is -0.134. The van der Waals surface area contributed by atoms with Crippen LogP contribution in [0.15, 0.2) is 60.7 Å². The molecule has 0 spiro atoms. The zero-order valence-corrected chi connectivity index (χ0v) is 19.9. The molecule has 1 aliphatic rings. The molecule has 0 radical (unpaired) electrons. The Kier molecular flexibility index (Phi) is 7.74. The molecule has 1 fully saturated rings. The Morgan fingerprint density at radius 2 is 1.60 bits per heavy atom. The summed E-state index contributed by atoms with van der Waals surface area (Å²) in [4.78, 5) is 14.2. The van der Waals surface area contributed by atoms with Gasteiger partial charge in [0.05, 0.1) is 19.3 Å². The van der Waals surface area contributed by atoms with Gasteiger partial charge in [-0.1, -0.05) is 81.4 Å². The SMILES string of the molecule is CC(C)(C)[Si](OC[C@@H]1CCC(=O)N1COCCCl)(c1ccccc1)c1ccccc1. The third-order valence-electron chi connectivity index (χ3n) is 5.81. The van der Waals surface area contributed by atoms with E-state index in [1.165, 1.54) is 10.4 Å². The van der Waals surface area contributed by atoms with E-state index in [2.05, 4.69) is 69.3 Å². The van der Waals surface area contributed by atoms with Gasteiger partial charge in [-0.05, 0) is 21.8 Å². The van der Waals surface area contributed by atoms with Crippen LogP contribution in [-0.2, 0) is 14.0 Å². The molecule has 0 N–H and O–H groups in total. The monoisotopic (exact) mass is 445 g/mol. The minimum atomic E-state index is -2.61. The first-order chi connectivity index (χ1) is 14.4. The van der Waals surface area contributed by atoms with E-state index in [1.54, 1.807) is 0 Å². The molecule has 1 atom stereocenters. The fourth-order valence-electron chi connectivity index (χ4n) is 4.34. The number of hydrogen-bond acceptors (Lipinski definition) is 3. The summed E-state index contributed by atoms with van der Waals surface area (Å²) < 4.78 is 12.6. The predicted octanol–water partition coefficient (Wildman–Crippen LogP) is 3.77. The molecule has 0 unspecified atom stereocenters. The fraction of sp³-hybridized carbons (Fsp3) is 0.458. The minimum Gasteiger partial charge on any atom is -0.405 e. The Morgan fingerprint density at radius 1 is 1.03 bits per heavy atom. The second kappa shape index (κ2) is 10.1. The first kappa shape index (κ1) is 23.0. The van der Waals surface area contributed by atoms with Crippen molar-refractivity contribution in [1.82, 2.24) is 4.90 Å². The number of rotatable bonds is 9. The molecule has 30 heavy (non-hydrogen) atoms. The van der Waals surface area contributed by atoms with E-state index in [1.807, 2.05) is 17.0 Å². The van der Waals surface area contributed by atoms with Crippen LogP contribution in [0.25, 0.3) is 0 Å². The van der Waals surface area contributed by atoms with Crippen molar-refractivity contribution in [2.75, 3.05) is 25.8 Å². The molecule has 2 aromatic rings. The number of likely N-dealkylation sites (tertiary alicyclic amines) is 1. The summed E-state index contributed by atoms with van der Waals surface area (Å²) in [6.45, 7) is 8.01. The van der Waals surface area contributed by atoms with Crippen LogP contribution in [0.1, 0.15) is 33.6 Å². The largest absolute Gasteiger partial charge is 0.405 e. The van der Waals surface area contributed by atoms with E-state index in [4.69, 9.17) is 20.8 Å². The molecule has 1 saturated heterocycles. The molecule has 1 amide bonds. The number of ether oxygens (including phenoxy) is 1. The van der Waals surface area contributed by atoms with Crippen molar-refractivity contribution < 1.29 is 14.0 Å². The number of halogens is 1. The summed E-state index contributed by atoms with van der Waals surface area (Å²) >= 11 is 5.72. The summed E-state index contributed by atoms with van der Waals surface area (Å²) in [7, 11) is -2.61. The van der Waals surface area contributed by atoms with E-state index in [-0.39, 0.29) is 23.7 Å². The zero-order valence-electron chi connectivity index (χ0n) is 18.1. The summed E-state index contributed by atoms with van der Waals surface area (Å²) in [6, 6.07) is 21.2. The van der Waals surface area contributed by atoms with Gasteiger partial charge in [-0.2, -0.15) is 0 Å². The Labute approximate surface area is 186 Å². The highest BCUT2D eigenvalue weighted by molar-refractivity contribution is 6.99. The molecule has 0 saturated carbocycles. The van der Waals surface area contributed by atoms with Crippen molar-refractivity contribution in [2.24, 2.45) is 0 Å². The van der Waals surface area contributed by atoms with Gasteiger partial charge in [-0.25, -0.2) is 0 Å². The fourth-order valence-corrected chi connectivity index (χ4v) is 9.05. The number of hydrogen-bond donors (Lipinski definition) is 0. The summed E-state index contributed by atoms with van der Waals surface area (Å²) in [5.41, 5.74) is 0. The molecule has 2 aromatic carbocycles. The van der Waals surface area contributed by atoms with Crippen molar-refractivity contribution in [3.63, 3.8) is 0 Å². The van der Waals surface area contributed by atoms with Gasteiger partial charge in [0.2, 0.25) is 5.91 Å². The Hall–Kier alpha value is -1.66. The Bertz CT molecular complexity index is 771. The van der Waals surface area contributed by atoms with Crippen molar-refractivity contribution in [1.29, 1.82) is 0 Å². The number of benzene rings is 2. The van der Waals surface area contributed by atoms with Gasteiger partial charge in [-0.3, -0.25) is 4.79 Å². The van der Waals surface area contributed by atoms with Gasteiger partial charge >= 0.3 is 0 Å². The number of carbonyl (C=O) groups is 1. The topological polar surface area (TPSA) is 38.8 Å². The molecule has 3 rings (SSSR count). The number of carbonyl (C=O) groups excluding carboxylic acids is 1. The van der Waals surface area contributed by atoms with Gasteiger partial charge in [0.1, 0.15) is 6.73 Å². The van der Waals surface area contributed by atoms with Gasteiger partial charge in [0, 0.05) is 12.3 Å². The van der Waals surface area contributed by atoms with E-state index in [9.17, 15) is 4.79 Å². The van der Waals surface area contributed by atoms with Gasteiger partial charge < -0.3 is 14.1 Å². The lowest BCUT2D eigenvalue weighted by atomic mass is 10.2. The maximum Gasteiger partial charge on any atom is 0.261 e. The number of alkyl halides is 1. The number of nitrogens with zero attached hydrogens (tertiary/aromatic N) is 1. The highest BCUT2D eigenvalue weighted by atomic mass is 35.5. The first-order valence-electron chi connectivity index (χ1n) is 10.6. The minimum absolute atomic E-state index is 0.0227. The third-order valence-corrected chi connectivity index (χ3v) is 11.0. The molecule has 1 heterocycles. The van der Waals surface area contributed by atoms with Crippen molar-refractivity contribution in [3.8, 4) is 0 Å². The molecule has 162 valence electrons. The second-order valence-corrected chi connectivity index (χ2v) is 13.4. The third kappa shape index (κ3) is 4.80. The Balaban J connectivity index is 1.93. The van der Waals surface area contributed by atoms with E-state index < -0.39 is 8.32 Å². The molecule has 4 nitrogen and oxygen atoms in total. The maximum atomic E-state index is 12.4. The molecular formula is C24H32ClNO3Si. The number of amides is 1. The molecule has 0 aromatic heterocycles. The first-order valence-corrected chi connectivity index (χ1v) is 13.0. The highest BCUT2D eigenvalue weighted by Crippen LogP contribution is 2.37. The Morgan fingerprint density at radius 3 is 2.10 bits per heavy atom. The van der Waals surface area contributed by atoms with Gasteiger partial charge in [0.25, 0.3) is 8.32 Å². The van der Waals surface area contributed by atoms with Crippen LogP contribution in [0.2, 0.25) is 5.04 Å². The summed E-state index contributed by atoms with van der Waals surface area (Å²) in [5.74, 6) is 0.547. The van der Waals surface area contributed by atoms with Crippen molar-refractivity contribution >= 4 is 36.2 Å². The standard InChI is InChI=1S/C24H32ClNO3Si/c1-24(2,3)30(21-10-6-4-7-11-21,22-12-8-5-9-13-22)29-18-20-14-15-23(27)26(20)19-28-17-16-25/h4-13,20H,14-19H2,1-3H3/t20-/m0/s1. The van der Waals surface area contributed by atoms with Crippen LogP contribution < -0.4 is 10.4 Å². The predicted molar refractivity (Wildman–Crippen MR) is 125 cm³/mol. The van der Waals surface area contributed by atoms with Gasteiger partial charge in [-0.15, -0.1) is 11.6 Å². The van der Waals surface area contributed by atoms with Crippen LogP contribution in [0.3, 0.4) is 0 Å². The van der Waals surface area contributed by atoms with E-state index in [0.717, 1.165) is 6.42 Å². The molecule has 0 bridgehead atoms. The van der Waals surface area contributed by atoms with Crippen LogP contribution in [-0.4, -0.2) is 51.0 Å². The summed E-state index contributed by atoms with van der Waals surface area (Å²) in [6.07, 6.45) is 1.33. The second-order valence-electron chi connectivity index (χ2n) is 8.76. The molecule has 6 heteroatoms. The lowest BCUT2D eigenvalue weighted by Crippen LogP contribution is -2.67.